The van der Waals surface area contributed by atoms with Crippen molar-refractivity contribution in [2.75, 3.05) is 0 Å². The predicted molar refractivity (Wildman–Crippen MR) is 83.6 cm³/mol. The summed E-state index contributed by atoms with van der Waals surface area (Å²) in [6.07, 6.45) is 2.05. The van der Waals surface area contributed by atoms with Crippen molar-refractivity contribution in [3.05, 3.63) is 53.1 Å². The standard InChI is InChI=1S/C17H24FN3/c1-12(13-7-6-8-15(18)9-13)19-10-14-11-21(5)20-16(14)17(2,3)4/h6-9,11-12,19H,10H2,1-5H3/t12-/m0/s1. The Morgan fingerprint density at radius 3 is 2.67 bits per heavy atom. The van der Waals surface area contributed by atoms with Crippen molar-refractivity contribution in [3.8, 4) is 0 Å². The second-order valence-electron chi connectivity index (χ2n) is 6.58. The molecule has 0 aliphatic heterocycles. The zero-order valence-corrected chi connectivity index (χ0v) is 13.4. The predicted octanol–water partition coefficient (Wildman–Crippen LogP) is 3.71. The fourth-order valence-electron chi connectivity index (χ4n) is 2.46. The molecule has 0 saturated carbocycles. The number of hydrogen-bond acceptors (Lipinski definition) is 2. The second kappa shape index (κ2) is 5.98. The largest absolute Gasteiger partial charge is 0.306 e. The summed E-state index contributed by atoms with van der Waals surface area (Å²) in [4.78, 5) is 0. The highest BCUT2D eigenvalue weighted by Crippen LogP contribution is 2.24. The smallest absolute Gasteiger partial charge is 0.123 e. The van der Waals surface area contributed by atoms with Crippen molar-refractivity contribution in [3.63, 3.8) is 0 Å². The number of aryl methyl sites for hydroxylation is 1. The average Bonchev–Trinajstić information content (AvgIpc) is 2.77. The minimum atomic E-state index is -0.196. The number of aromatic nitrogens is 2. The molecule has 4 heteroatoms. The Bertz CT molecular complexity index is 611. The lowest BCUT2D eigenvalue weighted by atomic mass is 9.89. The van der Waals surface area contributed by atoms with Crippen molar-refractivity contribution < 1.29 is 4.39 Å². The van der Waals surface area contributed by atoms with E-state index >= 15 is 0 Å². The molecule has 0 amide bonds. The van der Waals surface area contributed by atoms with Gasteiger partial charge in [-0.15, -0.1) is 0 Å². The molecule has 0 spiro atoms. The van der Waals surface area contributed by atoms with Crippen LogP contribution in [0.5, 0.6) is 0 Å². The Balaban J connectivity index is 2.10. The number of benzene rings is 1. The van der Waals surface area contributed by atoms with Gasteiger partial charge in [0.2, 0.25) is 0 Å². The summed E-state index contributed by atoms with van der Waals surface area (Å²) in [5, 5.41) is 8.01. The van der Waals surface area contributed by atoms with E-state index in [0.717, 1.165) is 17.8 Å². The molecule has 3 nitrogen and oxygen atoms in total. The summed E-state index contributed by atoms with van der Waals surface area (Å²) in [7, 11) is 1.94. The van der Waals surface area contributed by atoms with Crippen LogP contribution in [0.15, 0.2) is 30.5 Å². The SMILES string of the molecule is C[C@H](NCc1cn(C)nc1C(C)(C)C)c1cccc(F)c1. The number of halogens is 1. The van der Waals surface area contributed by atoms with E-state index in [9.17, 15) is 4.39 Å². The lowest BCUT2D eigenvalue weighted by Gasteiger charge is -2.19. The molecule has 0 aliphatic rings. The minimum Gasteiger partial charge on any atom is -0.306 e. The normalized spacial score (nSPS) is 13.4. The Kier molecular flexibility index (Phi) is 4.47. The van der Waals surface area contributed by atoms with Crippen molar-refractivity contribution in [2.24, 2.45) is 7.05 Å². The second-order valence-corrected chi connectivity index (χ2v) is 6.58. The van der Waals surface area contributed by atoms with E-state index in [1.807, 2.05) is 30.9 Å². The fourth-order valence-corrected chi connectivity index (χ4v) is 2.46. The number of nitrogens with zero attached hydrogens (tertiary/aromatic N) is 2. The molecule has 1 aromatic carbocycles. The first-order valence-corrected chi connectivity index (χ1v) is 7.29. The van der Waals surface area contributed by atoms with Gasteiger partial charge in [-0.05, 0) is 24.6 Å². The molecular formula is C17H24FN3. The first kappa shape index (κ1) is 15.7. The Morgan fingerprint density at radius 2 is 2.05 bits per heavy atom. The van der Waals surface area contributed by atoms with Crippen LogP contribution in [0, 0.1) is 5.82 Å². The van der Waals surface area contributed by atoms with E-state index in [1.54, 1.807) is 12.1 Å². The Labute approximate surface area is 126 Å². The molecule has 21 heavy (non-hydrogen) atoms. The van der Waals surface area contributed by atoms with Crippen LogP contribution in [0.1, 0.15) is 50.6 Å². The summed E-state index contributed by atoms with van der Waals surface area (Å²) in [5.74, 6) is -0.196. The maximum Gasteiger partial charge on any atom is 0.123 e. The third-order valence-electron chi connectivity index (χ3n) is 3.56. The lowest BCUT2D eigenvalue weighted by Crippen LogP contribution is -2.21. The van der Waals surface area contributed by atoms with Crippen molar-refractivity contribution >= 4 is 0 Å². The topological polar surface area (TPSA) is 29.9 Å². The van der Waals surface area contributed by atoms with Gasteiger partial charge in [0.1, 0.15) is 5.82 Å². The molecule has 2 aromatic rings. The summed E-state index contributed by atoms with van der Waals surface area (Å²) in [6.45, 7) is 9.25. The first-order valence-electron chi connectivity index (χ1n) is 7.29. The van der Waals surface area contributed by atoms with Crippen LogP contribution in [0.4, 0.5) is 4.39 Å². The third-order valence-corrected chi connectivity index (χ3v) is 3.56. The molecule has 0 radical (unpaired) electrons. The van der Waals surface area contributed by atoms with Crippen molar-refractivity contribution in [1.82, 2.24) is 15.1 Å². The molecule has 1 N–H and O–H groups in total. The summed E-state index contributed by atoms with van der Waals surface area (Å²) < 4.78 is 15.1. The highest BCUT2D eigenvalue weighted by molar-refractivity contribution is 5.25. The molecule has 0 aliphatic carbocycles. The molecule has 0 fully saturated rings. The van der Waals surface area contributed by atoms with Gasteiger partial charge in [0.25, 0.3) is 0 Å². The molecule has 1 atom stereocenters. The number of hydrogen-bond donors (Lipinski definition) is 1. The quantitative estimate of drug-likeness (QED) is 0.930. The molecular weight excluding hydrogens is 265 g/mol. The van der Waals surface area contributed by atoms with E-state index < -0.39 is 0 Å². The fraction of sp³-hybridized carbons (Fsp3) is 0.471. The molecule has 0 unspecified atom stereocenters. The van der Waals surface area contributed by atoms with Crippen LogP contribution in [0.2, 0.25) is 0 Å². The van der Waals surface area contributed by atoms with Gasteiger partial charge in [-0.1, -0.05) is 32.9 Å². The van der Waals surface area contributed by atoms with Crippen LogP contribution in [-0.2, 0) is 19.0 Å². The van der Waals surface area contributed by atoms with E-state index in [0.29, 0.717) is 0 Å². The maximum absolute atomic E-state index is 13.3. The van der Waals surface area contributed by atoms with Gasteiger partial charge in [-0.3, -0.25) is 4.68 Å². The van der Waals surface area contributed by atoms with Gasteiger partial charge >= 0.3 is 0 Å². The van der Waals surface area contributed by atoms with Crippen LogP contribution in [0.3, 0.4) is 0 Å². The van der Waals surface area contributed by atoms with Gasteiger partial charge < -0.3 is 5.32 Å². The first-order chi connectivity index (χ1) is 9.77. The Hall–Kier alpha value is -1.68. The zero-order chi connectivity index (χ0) is 15.6. The molecule has 114 valence electrons. The van der Waals surface area contributed by atoms with Crippen LogP contribution < -0.4 is 5.32 Å². The monoisotopic (exact) mass is 289 g/mol. The molecule has 0 bridgehead atoms. The van der Waals surface area contributed by atoms with Gasteiger partial charge in [0.05, 0.1) is 5.69 Å². The van der Waals surface area contributed by atoms with Crippen molar-refractivity contribution in [1.29, 1.82) is 0 Å². The van der Waals surface area contributed by atoms with E-state index in [-0.39, 0.29) is 17.3 Å². The van der Waals surface area contributed by atoms with Gasteiger partial charge in [-0.2, -0.15) is 5.10 Å². The van der Waals surface area contributed by atoms with Crippen LogP contribution >= 0.6 is 0 Å². The maximum atomic E-state index is 13.3. The zero-order valence-electron chi connectivity index (χ0n) is 13.4. The van der Waals surface area contributed by atoms with Gasteiger partial charge in [0.15, 0.2) is 0 Å². The van der Waals surface area contributed by atoms with E-state index in [2.05, 4.69) is 31.2 Å². The number of nitrogens with one attached hydrogen (secondary N) is 1. The summed E-state index contributed by atoms with van der Waals surface area (Å²) >= 11 is 0. The minimum absolute atomic E-state index is 0.0143. The van der Waals surface area contributed by atoms with Gasteiger partial charge in [0, 0.05) is 36.8 Å². The van der Waals surface area contributed by atoms with Gasteiger partial charge in [-0.25, -0.2) is 4.39 Å². The highest BCUT2D eigenvalue weighted by atomic mass is 19.1. The van der Waals surface area contributed by atoms with Crippen LogP contribution in [0.25, 0.3) is 0 Å². The summed E-state index contributed by atoms with van der Waals surface area (Å²) in [5.41, 5.74) is 3.26. The molecule has 1 aromatic heterocycles. The highest BCUT2D eigenvalue weighted by Gasteiger charge is 2.21. The molecule has 2 rings (SSSR count). The molecule has 1 heterocycles. The Morgan fingerprint density at radius 1 is 1.33 bits per heavy atom. The number of rotatable bonds is 4. The third kappa shape index (κ3) is 3.91. The lowest BCUT2D eigenvalue weighted by molar-refractivity contribution is 0.529. The average molecular weight is 289 g/mol. The van der Waals surface area contributed by atoms with Crippen molar-refractivity contribution in [2.45, 2.75) is 45.7 Å². The van der Waals surface area contributed by atoms with E-state index in [4.69, 9.17) is 0 Å². The molecule has 0 saturated heterocycles. The van der Waals surface area contributed by atoms with Crippen LogP contribution in [-0.4, -0.2) is 9.78 Å². The summed E-state index contributed by atoms with van der Waals surface area (Å²) in [6, 6.07) is 6.82. The van der Waals surface area contributed by atoms with E-state index in [1.165, 1.54) is 11.6 Å².